The SMILES string of the molecule is CC(C)(C)OC(=O)N1CCC(c2cc(B3OC(C)(C)C(C)(C)O3)cc(N)n2)C1. The molecule has 1 amide bonds. The molecule has 7 nitrogen and oxygen atoms in total. The molecule has 1 aromatic heterocycles. The van der Waals surface area contributed by atoms with Crippen molar-refractivity contribution in [2.24, 2.45) is 0 Å². The van der Waals surface area contributed by atoms with Gasteiger partial charge in [0.1, 0.15) is 11.4 Å². The third-order valence-electron chi connectivity index (χ3n) is 5.67. The molecule has 1 atom stereocenters. The standard InChI is InChI=1S/C20H32BN3O4/c1-18(2,3)26-17(25)24-9-8-13(12-24)15-10-14(11-16(22)23-15)21-27-19(4,5)20(6,7)28-21/h10-11,13H,8-9,12H2,1-7H3,(H2,22,23). The fourth-order valence-electron chi connectivity index (χ4n) is 3.42. The minimum absolute atomic E-state index is 0.109. The first-order valence-electron chi connectivity index (χ1n) is 9.88. The van der Waals surface area contributed by atoms with Crippen LogP contribution in [0.2, 0.25) is 0 Å². The number of anilines is 1. The van der Waals surface area contributed by atoms with Crippen LogP contribution >= 0.6 is 0 Å². The molecular weight excluding hydrogens is 357 g/mol. The summed E-state index contributed by atoms with van der Waals surface area (Å²) in [5, 5.41) is 0. The third-order valence-corrected chi connectivity index (χ3v) is 5.67. The van der Waals surface area contributed by atoms with Crippen molar-refractivity contribution >= 4 is 24.5 Å². The first-order valence-corrected chi connectivity index (χ1v) is 9.88. The monoisotopic (exact) mass is 389 g/mol. The van der Waals surface area contributed by atoms with Gasteiger partial charge in [0, 0.05) is 24.7 Å². The zero-order chi connectivity index (χ0) is 20.9. The fraction of sp³-hybridized carbons (Fsp3) is 0.700. The maximum absolute atomic E-state index is 12.3. The molecule has 1 aromatic rings. The van der Waals surface area contributed by atoms with E-state index in [0.717, 1.165) is 17.6 Å². The number of pyridine rings is 1. The number of carbonyl (C=O) groups is 1. The summed E-state index contributed by atoms with van der Waals surface area (Å²) in [4.78, 5) is 18.6. The van der Waals surface area contributed by atoms with Gasteiger partial charge in [-0.3, -0.25) is 0 Å². The van der Waals surface area contributed by atoms with Crippen molar-refractivity contribution in [1.29, 1.82) is 0 Å². The third kappa shape index (κ3) is 4.28. The van der Waals surface area contributed by atoms with E-state index in [1.807, 2.05) is 54.5 Å². The van der Waals surface area contributed by atoms with Crippen molar-refractivity contribution in [2.75, 3.05) is 18.8 Å². The summed E-state index contributed by atoms with van der Waals surface area (Å²) in [6, 6.07) is 3.79. The molecule has 3 heterocycles. The summed E-state index contributed by atoms with van der Waals surface area (Å²) in [7, 11) is -0.489. The highest BCUT2D eigenvalue weighted by atomic mass is 16.7. The average Bonchev–Trinajstić information content (AvgIpc) is 3.08. The fourth-order valence-corrected chi connectivity index (χ4v) is 3.42. The van der Waals surface area contributed by atoms with Crippen molar-refractivity contribution in [2.45, 2.75) is 77.6 Å². The van der Waals surface area contributed by atoms with Gasteiger partial charge in [0.15, 0.2) is 0 Å². The number of rotatable bonds is 2. The van der Waals surface area contributed by atoms with E-state index in [-0.39, 0.29) is 12.0 Å². The number of nitrogen functional groups attached to an aromatic ring is 1. The van der Waals surface area contributed by atoms with Crippen LogP contribution in [0.25, 0.3) is 0 Å². The largest absolute Gasteiger partial charge is 0.495 e. The Morgan fingerprint density at radius 2 is 1.86 bits per heavy atom. The smallest absolute Gasteiger partial charge is 0.444 e. The van der Waals surface area contributed by atoms with Crippen LogP contribution in [0.15, 0.2) is 12.1 Å². The number of ether oxygens (including phenoxy) is 1. The van der Waals surface area contributed by atoms with Crippen molar-refractivity contribution < 1.29 is 18.8 Å². The summed E-state index contributed by atoms with van der Waals surface area (Å²) >= 11 is 0. The van der Waals surface area contributed by atoms with E-state index in [4.69, 9.17) is 19.8 Å². The van der Waals surface area contributed by atoms with Crippen LogP contribution in [-0.4, -0.2) is 53.0 Å². The van der Waals surface area contributed by atoms with Crippen molar-refractivity contribution in [3.63, 3.8) is 0 Å². The van der Waals surface area contributed by atoms with Gasteiger partial charge in [-0.25, -0.2) is 9.78 Å². The minimum atomic E-state index is -0.505. The van der Waals surface area contributed by atoms with Gasteiger partial charge in [-0.1, -0.05) is 0 Å². The predicted octanol–water partition coefficient (Wildman–Crippen LogP) is 2.69. The van der Waals surface area contributed by atoms with E-state index in [2.05, 4.69) is 4.98 Å². The zero-order valence-corrected chi connectivity index (χ0v) is 18.0. The Hall–Kier alpha value is -1.80. The zero-order valence-electron chi connectivity index (χ0n) is 18.0. The lowest BCUT2D eigenvalue weighted by molar-refractivity contribution is 0.00578. The van der Waals surface area contributed by atoms with Crippen LogP contribution in [0.1, 0.15) is 66.5 Å². The summed E-state index contributed by atoms with van der Waals surface area (Å²) < 4.78 is 17.8. The second-order valence-corrected chi connectivity index (χ2v) is 9.75. The molecule has 28 heavy (non-hydrogen) atoms. The highest BCUT2D eigenvalue weighted by Crippen LogP contribution is 2.37. The van der Waals surface area contributed by atoms with Gasteiger partial charge in [0.25, 0.3) is 0 Å². The van der Waals surface area contributed by atoms with E-state index in [1.54, 1.807) is 11.0 Å². The average molecular weight is 389 g/mol. The molecule has 0 saturated carbocycles. The van der Waals surface area contributed by atoms with Crippen LogP contribution in [0.5, 0.6) is 0 Å². The number of aromatic nitrogens is 1. The Kier molecular flexibility index (Phi) is 5.17. The highest BCUT2D eigenvalue weighted by Gasteiger charge is 2.52. The number of nitrogens with zero attached hydrogens (tertiary/aromatic N) is 2. The van der Waals surface area contributed by atoms with Crippen molar-refractivity contribution in [3.8, 4) is 0 Å². The van der Waals surface area contributed by atoms with Gasteiger partial charge < -0.3 is 24.7 Å². The van der Waals surface area contributed by atoms with Gasteiger partial charge in [0.05, 0.1) is 11.2 Å². The van der Waals surface area contributed by atoms with E-state index in [0.29, 0.717) is 18.9 Å². The molecule has 0 spiro atoms. The van der Waals surface area contributed by atoms with Crippen molar-refractivity contribution in [3.05, 3.63) is 17.8 Å². The maximum Gasteiger partial charge on any atom is 0.495 e. The van der Waals surface area contributed by atoms with Crippen molar-refractivity contribution in [1.82, 2.24) is 9.88 Å². The van der Waals surface area contributed by atoms with Crippen LogP contribution in [0, 0.1) is 0 Å². The first kappa shape index (κ1) is 20.9. The number of likely N-dealkylation sites (tertiary alicyclic amines) is 1. The number of amides is 1. The Morgan fingerprint density at radius 3 is 2.43 bits per heavy atom. The lowest BCUT2D eigenvalue weighted by Crippen LogP contribution is -2.41. The van der Waals surface area contributed by atoms with Gasteiger partial charge >= 0.3 is 13.2 Å². The summed E-state index contributed by atoms with van der Waals surface area (Å²) in [6.07, 6.45) is 0.531. The molecule has 2 N–H and O–H groups in total. The number of nitrogens with two attached hydrogens (primary N) is 1. The second-order valence-electron chi connectivity index (χ2n) is 9.75. The van der Waals surface area contributed by atoms with Gasteiger partial charge in [-0.2, -0.15) is 0 Å². The Bertz CT molecular complexity index is 744. The Balaban J connectivity index is 1.75. The van der Waals surface area contributed by atoms with Crippen LogP contribution in [-0.2, 0) is 14.0 Å². The number of carbonyl (C=O) groups excluding carboxylic acids is 1. The highest BCUT2D eigenvalue weighted by molar-refractivity contribution is 6.62. The molecule has 1 unspecified atom stereocenters. The topological polar surface area (TPSA) is 86.9 Å². The van der Waals surface area contributed by atoms with E-state index in [1.165, 1.54) is 0 Å². The van der Waals surface area contributed by atoms with Crippen LogP contribution < -0.4 is 11.2 Å². The number of hydrogen-bond donors (Lipinski definition) is 1. The molecule has 2 aliphatic rings. The van der Waals surface area contributed by atoms with E-state index >= 15 is 0 Å². The minimum Gasteiger partial charge on any atom is -0.444 e. The number of hydrogen-bond acceptors (Lipinski definition) is 6. The quantitative estimate of drug-likeness (QED) is 0.783. The summed E-state index contributed by atoms with van der Waals surface area (Å²) in [6.45, 7) is 14.9. The molecule has 2 aliphatic heterocycles. The maximum atomic E-state index is 12.3. The molecule has 0 bridgehead atoms. The Labute approximate surface area is 168 Å². The second kappa shape index (κ2) is 6.92. The molecule has 3 rings (SSSR count). The first-order chi connectivity index (χ1) is 12.8. The molecule has 2 fully saturated rings. The predicted molar refractivity (Wildman–Crippen MR) is 110 cm³/mol. The normalized spacial score (nSPS) is 23.9. The molecule has 0 aliphatic carbocycles. The molecule has 154 valence electrons. The van der Waals surface area contributed by atoms with Crippen LogP contribution in [0.4, 0.5) is 10.6 Å². The summed E-state index contributed by atoms with van der Waals surface area (Å²) in [5.41, 5.74) is 6.45. The van der Waals surface area contributed by atoms with Gasteiger partial charge in [0.2, 0.25) is 0 Å². The molecular formula is C20H32BN3O4. The van der Waals surface area contributed by atoms with Crippen LogP contribution in [0.3, 0.4) is 0 Å². The lowest BCUT2D eigenvalue weighted by atomic mass is 9.78. The molecule has 2 saturated heterocycles. The Morgan fingerprint density at radius 1 is 1.25 bits per heavy atom. The summed E-state index contributed by atoms with van der Waals surface area (Å²) in [5.74, 6) is 0.537. The van der Waals surface area contributed by atoms with Gasteiger partial charge in [-0.15, -0.1) is 0 Å². The molecule has 0 radical (unpaired) electrons. The van der Waals surface area contributed by atoms with Gasteiger partial charge in [-0.05, 0) is 72.5 Å². The molecule has 0 aromatic carbocycles. The van der Waals surface area contributed by atoms with E-state index in [9.17, 15) is 4.79 Å². The molecule has 8 heteroatoms. The lowest BCUT2D eigenvalue weighted by Gasteiger charge is -2.32. The van der Waals surface area contributed by atoms with E-state index < -0.39 is 23.9 Å².